The average Bonchev–Trinajstić information content (AvgIpc) is 3.05. The molecule has 0 saturated carbocycles. The number of aromatic amines is 1. The van der Waals surface area contributed by atoms with E-state index in [0.717, 1.165) is 10.9 Å². The van der Waals surface area contributed by atoms with Gasteiger partial charge in [-0.05, 0) is 18.2 Å². The highest BCUT2D eigenvalue weighted by atomic mass is 35.5. The number of rotatable bonds is 3. The number of aliphatic carboxylic acids is 1. The van der Waals surface area contributed by atoms with Crippen molar-refractivity contribution in [3.05, 3.63) is 35.0 Å². The Kier molecular flexibility index (Phi) is 3.35. The molecule has 21 heavy (non-hydrogen) atoms. The Morgan fingerprint density at radius 2 is 2.19 bits per heavy atom. The zero-order valence-electron chi connectivity index (χ0n) is 11.0. The Bertz CT molecular complexity index is 719. The number of carbonyl (C=O) groups is 2. The van der Waals surface area contributed by atoms with E-state index in [4.69, 9.17) is 16.3 Å². The van der Waals surface area contributed by atoms with E-state index in [1.165, 1.54) is 0 Å². The Morgan fingerprint density at radius 1 is 1.38 bits per heavy atom. The first-order valence-corrected chi connectivity index (χ1v) is 6.80. The van der Waals surface area contributed by atoms with E-state index < -0.39 is 17.4 Å². The molecule has 1 fully saturated rings. The molecule has 1 amide bonds. The molecule has 0 aliphatic carbocycles. The van der Waals surface area contributed by atoms with Crippen LogP contribution >= 0.6 is 11.6 Å². The number of aromatic nitrogens is 1. The summed E-state index contributed by atoms with van der Waals surface area (Å²) in [4.78, 5) is 26.6. The van der Waals surface area contributed by atoms with Crippen LogP contribution in [0.2, 0.25) is 5.02 Å². The normalized spacial score (nSPS) is 21.6. The number of H-pyrrole nitrogens is 1. The lowest BCUT2D eigenvalue weighted by Gasteiger charge is -2.23. The first-order chi connectivity index (χ1) is 10.00. The molecule has 3 rings (SSSR count). The average molecular weight is 309 g/mol. The smallest absolute Gasteiger partial charge is 0.331 e. The number of carboxylic acid groups (broad SMARTS) is 1. The molecule has 7 heteroatoms. The summed E-state index contributed by atoms with van der Waals surface area (Å²) in [5.41, 5.74) is -0.342. The molecule has 1 aliphatic rings. The van der Waals surface area contributed by atoms with Gasteiger partial charge in [0.05, 0.1) is 6.61 Å². The van der Waals surface area contributed by atoms with Gasteiger partial charge in [0.25, 0.3) is 5.91 Å². The summed E-state index contributed by atoms with van der Waals surface area (Å²) < 4.78 is 5.11. The molecule has 0 radical (unpaired) electrons. The molecule has 2 aromatic rings. The van der Waals surface area contributed by atoms with Crippen molar-refractivity contribution in [2.24, 2.45) is 0 Å². The summed E-state index contributed by atoms with van der Waals surface area (Å²) >= 11 is 5.89. The minimum atomic E-state index is -1.36. The molecule has 0 spiro atoms. The zero-order chi connectivity index (χ0) is 15.0. The zero-order valence-corrected chi connectivity index (χ0v) is 11.7. The van der Waals surface area contributed by atoms with Crippen LogP contribution in [0.25, 0.3) is 10.9 Å². The summed E-state index contributed by atoms with van der Waals surface area (Å²) in [6.07, 6.45) is 0.250. The summed E-state index contributed by atoms with van der Waals surface area (Å²) in [7, 11) is 0. The first kappa shape index (κ1) is 13.9. The second-order valence-electron chi connectivity index (χ2n) is 5.06. The fourth-order valence-electron chi connectivity index (χ4n) is 2.39. The van der Waals surface area contributed by atoms with Crippen molar-refractivity contribution in [1.29, 1.82) is 0 Å². The molecule has 1 saturated heterocycles. The number of halogens is 1. The third-order valence-electron chi connectivity index (χ3n) is 3.61. The van der Waals surface area contributed by atoms with E-state index in [0.29, 0.717) is 17.3 Å². The van der Waals surface area contributed by atoms with Crippen LogP contribution in [0.1, 0.15) is 16.9 Å². The fourth-order valence-corrected chi connectivity index (χ4v) is 2.56. The summed E-state index contributed by atoms with van der Waals surface area (Å²) in [6.45, 7) is 0.287. The molecule has 2 heterocycles. The van der Waals surface area contributed by atoms with Crippen LogP contribution in [0.5, 0.6) is 0 Å². The number of benzene rings is 1. The van der Waals surface area contributed by atoms with Gasteiger partial charge in [-0.3, -0.25) is 4.79 Å². The molecule has 0 bridgehead atoms. The lowest BCUT2D eigenvalue weighted by atomic mass is 9.99. The predicted molar refractivity (Wildman–Crippen MR) is 76.6 cm³/mol. The third-order valence-corrected chi connectivity index (χ3v) is 3.85. The van der Waals surface area contributed by atoms with Gasteiger partial charge in [0, 0.05) is 29.0 Å². The number of hydrogen-bond acceptors (Lipinski definition) is 3. The van der Waals surface area contributed by atoms with Crippen LogP contribution in [-0.4, -0.2) is 40.7 Å². The predicted octanol–water partition coefficient (Wildman–Crippen LogP) is 1.79. The highest BCUT2D eigenvalue weighted by molar-refractivity contribution is 6.31. The van der Waals surface area contributed by atoms with Gasteiger partial charge >= 0.3 is 5.97 Å². The van der Waals surface area contributed by atoms with E-state index in [-0.39, 0.29) is 13.0 Å². The Morgan fingerprint density at radius 3 is 2.86 bits per heavy atom. The molecule has 1 aliphatic heterocycles. The van der Waals surface area contributed by atoms with E-state index in [9.17, 15) is 14.7 Å². The summed E-state index contributed by atoms with van der Waals surface area (Å²) in [5.74, 6) is -1.57. The van der Waals surface area contributed by atoms with E-state index >= 15 is 0 Å². The highest BCUT2D eigenvalue weighted by Crippen LogP contribution is 2.22. The number of nitrogens with one attached hydrogen (secondary N) is 2. The SMILES string of the molecule is O=C(NC1(C(=O)O)CCOC1)c1cc2ccc(Cl)cc2[nH]1. The number of fused-ring (bicyclic) bond motifs is 1. The van der Waals surface area contributed by atoms with E-state index in [2.05, 4.69) is 10.3 Å². The molecule has 3 N–H and O–H groups in total. The topological polar surface area (TPSA) is 91.4 Å². The maximum atomic E-state index is 12.3. The van der Waals surface area contributed by atoms with Gasteiger partial charge in [-0.25, -0.2) is 4.79 Å². The first-order valence-electron chi connectivity index (χ1n) is 6.42. The fraction of sp³-hybridized carbons (Fsp3) is 0.286. The van der Waals surface area contributed by atoms with Crippen molar-refractivity contribution < 1.29 is 19.4 Å². The van der Waals surface area contributed by atoms with Crippen molar-refractivity contribution in [2.75, 3.05) is 13.2 Å². The molecule has 1 aromatic heterocycles. The largest absolute Gasteiger partial charge is 0.479 e. The number of amides is 1. The Balaban J connectivity index is 1.88. The Hall–Kier alpha value is -2.05. The molecular formula is C14H13ClN2O4. The number of ether oxygens (including phenoxy) is 1. The molecule has 6 nitrogen and oxygen atoms in total. The molecular weight excluding hydrogens is 296 g/mol. The van der Waals surface area contributed by atoms with Crippen LogP contribution in [-0.2, 0) is 9.53 Å². The van der Waals surface area contributed by atoms with Gasteiger partial charge in [0.2, 0.25) is 0 Å². The minimum absolute atomic E-state index is 0.0276. The molecule has 110 valence electrons. The quantitative estimate of drug-likeness (QED) is 0.806. The van der Waals surface area contributed by atoms with Crippen molar-refractivity contribution in [3.8, 4) is 0 Å². The lowest BCUT2D eigenvalue weighted by Crippen LogP contribution is -2.55. The summed E-state index contributed by atoms with van der Waals surface area (Å²) in [6, 6.07) is 6.88. The van der Waals surface area contributed by atoms with Gasteiger partial charge in [-0.2, -0.15) is 0 Å². The second kappa shape index (κ2) is 5.05. The standard InChI is InChI=1S/C14H13ClN2O4/c15-9-2-1-8-5-11(16-10(8)6-9)12(18)17-14(13(19)20)3-4-21-7-14/h1-2,5-6,16H,3-4,7H2,(H,17,18)(H,19,20). The maximum Gasteiger partial charge on any atom is 0.331 e. The van der Waals surface area contributed by atoms with Crippen LogP contribution in [0.15, 0.2) is 24.3 Å². The van der Waals surface area contributed by atoms with Crippen molar-refractivity contribution in [1.82, 2.24) is 10.3 Å². The lowest BCUT2D eigenvalue weighted by molar-refractivity contribution is -0.144. The van der Waals surface area contributed by atoms with Gasteiger partial charge < -0.3 is 20.1 Å². The molecule has 1 aromatic carbocycles. The number of carbonyl (C=O) groups excluding carboxylic acids is 1. The minimum Gasteiger partial charge on any atom is -0.479 e. The van der Waals surface area contributed by atoms with E-state index in [1.807, 2.05) is 0 Å². The van der Waals surface area contributed by atoms with Gasteiger partial charge in [0.1, 0.15) is 5.69 Å². The highest BCUT2D eigenvalue weighted by Gasteiger charge is 2.44. The van der Waals surface area contributed by atoms with Gasteiger partial charge in [-0.15, -0.1) is 0 Å². The van der Waals surface area contributed by atoms with Crippen LogP contribution in [0.4, 0.5) is 0 Å². The van der Waals surface area contributed by atoms with Crippen LogP contribution < -0.4 is 5.32 Å². The van der Waals surface area contributed by atoms with Gasteiger partial charge in [0.15, 0.2) is 5.54 Å². The van der Waals surface area contributed by atoms with Crippen molar-refractivity contribution in [2.45, 2.75) is 12.0 Å². The molecule has 1 atom stereocenters. The monoisotopic (exact) mass is 308 g/mol. The molecule has 1 unspecified atom stereocenters. The number of hydrogen-bond donors (Lipinski definition) is 3. The van der Waals surface area contributed by atoms with Crippen molar-refractivity contribution >= 4 is 34.4 Å². The second-order valence-corrected chi connectivity index (χ2v) is 5.49. The summed E-state index contributed by atoms with van der Waals surface area (Å²) in [5, 5.41) is 13.3. The van der Waals surface area contributed by atoms with Crippen LogP contribution in [0.3, 0.4) is 0 Å². The third kappa shape index (κ3) is 2.48. The van der Waals surface area contributed by atoms with E-state index in [1.54, 1.807) is 24.3 Å². The maximum absolute atomic E-state index is 12.3. The number of carboxylic acids is 1. The van der Waals surface area contributed by atoms with Crippen LogP contribution in [0, 0.1) is 0 Å². The Labute approximate surface area is 125 Å². The van der Waals surface area contributed by atoms with Gasteiger partial charge in [-0.1, -0.05) is 17.7 Å². The van der Waals surface area contributed by atoms with Crippen molar-refractivity contribution in [3.63, 3.8) is 0 Å².